The minimum atomic E-state index is -0.534. The maximum atomic E-state index is 13.0. The number of benzene rings is 2. The van der Waals surface area contributed by atoms with Crippen molar-refractivity contribution in [2.24, 2.45) is 0 Å². The fourth-order valence-electron chi connectivity index (χ4n) is 2.92. The van der Waals surface area contributed by atoms with Crippen molar-refractivity contribution in [1.29, 1.82) is 0 Å². The minimum Gasteiger partial charge on any atom is -0.490 e. The van der Waals surface area contributed by atoms with E-state index in [-0.39, 0.29) is 6.10 Å². The number of fused-ring (bicyclic) bond motifs is 1. The van der Waals surface area contributed by atoms with Crippen LogP contribution in [0.1, 0.15) is 5.69 Å². The van der Waals surface area contributed by atoms with Gasteiger partial charge in [-0.1, -0.05) is 42.5 Å². The Hall–Kier alpha value is -2.95. The average Bonchev–Trinajstić information content (AvgIpc) is 3.10. The van der Waals surface area contributed by atoms with Crippen molar-refractivity contribution in [3.05, 3.63) is 72.6 Å². The van der Waals surface area contributed by atoms with Crippen LogP contribution in [0.3, 0.4) is 0 Å². The summed E-state index contributed by atoms with van der Waals surface area (Å²) in [6, 6.07) is 20.3. The van der Waals surface area contributed by atoms with Crippen molar-refractivity contribution >= 4 is 0 Å². The van der Waals surface area contributed by atoms with Crippen LogP contribution in [0.4, 0.5) is 4.39 Å². The third-order valence-corrected chi connectivity index (χ3v) is 4.22. The van der Waals surface area contributed by atoms with Gasteiger partial charge in [-0.25, -0.2) is 4.39 Å². The van der Waals surface area contributed by atoms with Gasteiger partial charge in [0.2, 0.25) is 0 Å². The van der Waals surface area contributed by atoms with E-state index < -0.39 is 6.67 Å². The zero-order chi connectivity index (χ0) is 17.1. The second-order valence-electron chi connectivity index (χ2n) is 5.90. The van der Waals surface area contributed by atoms with Crippen LogP contribution in [-0.4, -0.2) is 17.7 Å². The first-order chi connectivity index (χ1) is 12.3. The van der Waals surface area contributed by atoms with E-state index >= 15 is 0 Å². The summed E-state index contributed by atoms with van der Waals surface area (Å²) >= 11 is 0. The predicted octanol–water partition coefficient (Wildman–Crippen LogP) is 3.35. The summed E-state index contributed by atoms with van der Waals surface area (Å²) in [5.74, 6) is 0.780. The molecule has 0 fully saturated rings. The molecule has 4 nitrogen and oxygen atoms in total. The molecule has 0 N–H and O–H groups in total. The lowest BCUT2D eigenvalue weighted by Crippen LogP contribution is -2.38. The minimum absolute atomic E-state index is 0.172. The number of hydrogen-bond acceptors (Lipinski definition) is 3. The first-order valence-corrected chi connectivity index (χ1v) is 8.22. The third kappa shape index (κ3) is 3.31. The molecule has 0 amide bonds. The van der Waals surface area contributed by atoms with Crippen molar-refractivity contribution < 1.29 is 18.4 Å². The summed E-state index contributed by atoms with van der Waals surface area (Å²) < 4.78 is 26.3. The SMILES string of the molecule is FCc1ccnc2[n+]1CC(COc1ccc(-c3ccccc3)cc1)O2. The van der Waals surface area contributed by atoms with Gasteiger partial charge >= 0.3 is 6.01 Å². The zero-order valence-corrected chi connectivity index (χ0v) is 13.6. The number of hydrogen-bond donors (Lipinski definition) is 0. The van der Waals surface area contributed by atoms with E-state index in [9.17, 15) is 4.39 Å². The Morgan fingerprint density at radius 2 is 1.80 bits per heavy atom. The summed E-state index contributed by atoms with van der Waals surface area (Å²) in [4.78, 5) is 4.14. The van der Waals surface area contributed by atoms with E-state index in [0.717, 1.165) is 11.3 Å². The van der Waals surface area contributed by atoms with Gasteiger partial charge in [0.1, 0.15) is 30.8 Å². The number of nitrogens with zero attached hydrogens (tertiary/aromatic N) is 2. The molecule has 1 aliphatic rings. The molecule has 1 aliphatic heterocycles. The van der Waals surface area contributed by atoms with Gasteiger partial charge in [-0.15, -0.1) is 0 Å². The van der Waals surface area contributed by atoms with Gasteiger partial charge in [0, 0.05) is 6.07 Å². The summed E-state index contributed by atoms with van der Waals surface area (Å²) in [6.07, 6.45) is 1.39. The molecule has 0 radical (unpaired) electrons. The molecule has 0 aliphatic carbocycles. The Kier molecular flexibility index (Phi) is 4.29. The summed E-state index contributed by atoms with van der Waals surface area (Å²) in [5, 5.41) is 0. The highest BCUT2D eigenvalue weighted by Crippen LogP contribution is 2.22. The molecule has 0 saturated carbocycles. The van der Waals surface area contributed by atoms with Gasteiger partial charge in [-0.3, -0.25) is 0 Å². The molecular weight excluding hydrogens is 319 g/mol. The van der Waals surface area contributed by atoms with Crippen LogP contribution in [0.2, 0.25) is 0 Å². The lowest BCUT2D eigenvalue weighted by atomic mass is 10.1. The molecule has 2 heterocycles. The monoisotopic (exact) mass is 337 g/mol. The van der Waals surface area contributed by atoms with Crippen LogP contribution in [0.5, 0.6) is 11.8 Å². The molecule has 25 heavy (non-hydrogen) atoms. The summed E-state index contributed by atoms with van der Waals surface area (Å²) in [5.41, 5.74) is 2.88. The topological polar surface area (TPSA) is 35.2 Å². The lowest BCUT2D eigenvalue weighted by Gasteiger charge is -2.10. The van der Waals surface area contributed by atoms with Crippen LogP contribution < -0.4 is 14.0 Å². The molecule has 1 unspecified atom stereocenters. The Morgan fingerprint density at radius 3 is 2.56 bits per heavy atom. The first kappa shape index (κ1) is 15.6. The van der Waals surface area contributed by atoms with Crippen molar-refractivity contribution in [3.8, 4) is 22.9 Å². The fourth-order valence-corrected chi connectivity index (χ4v) is 2.92. The lowest BCUT2D eigenvalue weighted by molar-refractivity contribution is -0.693. The van der Waals surface area contributed by atoms with E-state index in [1.807, 2.05) is 42.5 Å². The van der Waals surface area contributed by atoms with E-state index in [1.165, 1.54) is 5.56 Å². The summed E-state index contributed by atoms with van der Waals surface area (Å²) in [6.45, 7) is 0.400. The van der Waals surface area contributed by atoms with E-state index in [1.54, 1.807) is 16.8 Å². The molecular formula is C20H18FN2O2+. The molecule has 1 aromatic heterocycles. The maximum Gasteiger partial charge on any atom is 0.499 e. The van der Waals surface area contributed by atoms with Crippen LogP contribution in [0.15, 0.2) is 66.9 Å². The largest absolute Gasteiger partial charge is 0.499 e. The molecule has 2 aromatic carbocycles. The normalized spacial score (nSPS) is 15.5. The molecule has 1 atom stereocenters. The Labute approximate surface area is 145 Å². The first-order valence-electron chi connectivity index (χ1n) is 8.22. The number of ether oxygens (including phenoxy) is 2. The van der Waals surface area contributed by atoms with Crippen LogP contribution in [0.25, 0.3) is 11.1 Å². The Morgan fingerprint density at radius 1 is 1.04 bits per heavy atom. The van der Waals surface area contributed by atoms with E-state index in [2.05, 4.69) is 17.1 Å². The quantitative estimate of drug-likeness (QED) is 0.670. The van der Waals surface area contributed by atoms with Gasteiger partial charge in [0.15, 0.2) is 12.8 Å². The maximum absolute atomic E-state index is 13.0. The fraction of sp³-hybridized carbons (Fsp3) is 0.200. The molecule has 5 heteroatoms. The Balaban J connectivity index is 1.38. The highest BCUT2D eigenvalue weighted by atomic mass is 19.1. The Bertz CT molecular complexity index is 853. The van der Waals surface area contributed by atoms with Gasteiger partial charge in [0.25, 0.3) is 0 Å². The summed E-state index contributed by atoms with van der Waals surface area (Å²) in [7, 11) is 0. The number of rotatable bonds is 5. The molecule has 3 aromatic rings. The molecule has 0 spiro atoms. The van der Waals surface area contributed by atoms with Crippen LogP contribution in [0, 0.1) is 0 Å². The number of aromatic nitrogens is 2. The standard InChI is InChI=1S/C20H18FN2O2/c21-12-17-10-11-22-20-23(17)13-19(25-20)14-24-18-8-6-16(7-9-18)15-4-2-1-3-5-15/h1-11,19H,12-14H2/q+1. The third-order valence-electron chi connectivity index (χ3n) is 4.22. The zero-order valence-electron chi connectivity index (χ0n) is 13.6. The highest BCUT2D eigenvalue weighted by Gasteiger charge is 2.33. The molecule has 0 saturated heterocycles. The van der Waals surface area contributed by atoms with E-state index in [0.29, 0.717) is 24.9 Å². The second-order valence-corrected chi connectivity index (χ2v) is 5.90. The van der Waals surface area contributed by atoms with Gasteiger partial charge in [0.05, 0.1) is 0 Å². The number of alkyl halides is 1. The smallest absolute Gasteiger partial charge is 0.490 e. The molecule has 0 bridgehead atoms. The van der Waals surface area contributed by atoms with Gasteiger partial charge < -0.3 is 9.47 Å². The predicted molar refractivity (Wildman–Crippen MR) is 91.0 cm³/mol. The van der Waals surface area contributed by atoms with Crippen LogP contribution in [-0.2, 0) is 13.2 Å². The average molecular weight is 337 g/mol. The molecule has 4 rings (SSSR count). The van der Waals surface area contributed by atoms with E-state index in [4.69, 9.17) is 9.47 Å². The van der Waals surface area contributed by atoms with Crippen molar-refractivity contribution in [2.75, 3.05) is 6.61 Å². The number of halogens is 1. The second kappa shape index (κ2) is 6.89. The molecule has 126 valence electrons. The van der Waals surface area contributed by atoms with Gasteiger partial charge in [-0.05, 0) is 28.2 Å². The van der Waals surface area contributed by atoms with Crippen LogP contribution >= 0.6 is 0 Å². The van der Waals surface area contributed by atoms with Crippen molar-refractivity contribution in [2.45, 2.75) is 19.3 Å². The van der Waals surface area contributed by atoms with Gasteiger partial charge in [-0.2, -0.15) is 4.57 Å². The van der Waals surface area contributed by atoms with Crippen molar-refractivity contribution in [3.63, 3.8) is 0 Å². The van der Waals surface area contributed by atoms with Crippen molar-refractivity contribution in [1.82, 2.24) is 4.98 Å². The highest BCUT2D eigenvalue weighted by molar-refractivity contribution is 5.63.